The van der Waals surface area contributed by atoms with Crippen molar-refractivity contribution in [3.05, 3.63) is 39.4 Å². The van der Waals surface area contributed by atoms with Gasteiger partial charge in [0.1, 0.15) is 5.76 Å². The lowest BCUT2D eigenvalue weighted by molar-refractivity contribution is -0.134. The molecule has 1 aliphatic heterocycles. The molecule has 1 atom stereocenters. The van der Waals surface area contributed by atoms with Crippen LogP contribution in [0.3, 0.4) is 0 Å². The Morgan fingerprint density at radius 3 is 3.00 bits per heavy atom. The number of thiophene rings is 1. The molecule has 0 N–H and O–H groups in total. The Bertz CT molecular complexity index is 629. The van der Waals surface area contributed by atoms with Crippen LogP contribution in [0.2, 0.25) is 0 Å². The first-order valence-corrected chi connectivity index (χ1v) is 9.26. The quantitative estimate of drug-likeness (QED) is 0.834. The van der Waals surface area contributed by atoms with Gasteiger partial charge in [0.15, 0.2) is 0 Å². The predicted molar refractivity (Wildman–Crippen MR) is 91.7 cm³/mol. The standard InChI is InChI=1S/C18H24N2O2S/c1-13-17(14(2)22-19-13)12-18(21)20-10-4-3-6-15(20)8-9-16-7-5-11-23-16/h5,7,11,15H,3-4,6,8-10,12H2,1-2H3. The zero-order chi connectivity index (χ0) is 16.2. The summed E-state index contributed by atoms with van der Waals surface area (Å²) in [6.45, 7) is 4.67. The van der Waals surface area contributed by atoms with Gasteiger partial charge in [0.05, 0.1) is 12.1 Å². The number of nitrogens with zero attached hydrogens (tertiary/aromatic N) is 2. The van der Waals surface area contributed by atoms with Gasteiger partial charge in [-0.1, -0.05) is 11.2 Å². The molecule has 1 aliphatic rings. The van der Waals surface area contributed by atoms with Crippen LogP contribution in [-0.4, -0.2) is 28.6 Å². The number of amides is 1. The first-order valence-electron chi connectivity index (χ1n) is 8.38. The third kappa shape index (κ3) is 3.83. The topological polar surface area (TPSA) is 46.3 Å². The van der Waals surface area contributed by atoms with Gasteiger partial charge in [-0.2, -0.15) is 0 Å². The molecule has 4 nitrogen and oxygen atoms in total. The highest BCUT2D eigenvalue weighted by molar-refractivity contribution is 7.09. The van der Waals surface area contributed by atoms with Crippen LogP contribution in [0.5, 0.6) is 0 Å². The minimum absolute atomic E-state index is 0.218. The molecule has 0 spiro atoms. The number of carbonyl (C=O) groups is 1. The van der Waals surface area contributed by atoms with Crippen molar-refractivity contribution in [3.63, 3.8) is 0 Å². The predicted octanol–water partition coefficient (Wildman–Crippen LogP) is 3.91. The van der Waals surface area contributed by atoms with E-state index in [1.54, 1.807) is 11.3 Å². The minimum Gasteiger partial charge on any atom is -0.361 e. The van der Waals surface area contributed by atoms with Crippen LogP contribution in [0.1, 0.15) is 47.6 Å². The summed E-state index contributed by atoms with van der Waals surface area (Å²) in [6, 6.07) is 4.66. The number of aryl methyl sites for hydroxylation is 3. The van der Waals surface area contributed by atoms with Gasteiger partial charge in [-0.15, -0.1) is 11.3 Å². The van der Waals surface area contributed by atoms with Crippen molar-refractivity contribution >= 4 is 17.2 Å². The normalized spacial score (nSPS) is 18.3. The third-order valence-electron chi connectivity index (χ3n) is 4.76. The summed E-state index contributed by atoms with van der Waals surface area (Å²) >= 11 is 1.80. The average Bonchev–Trinajstić information content (AvgIpc) is 3.18. The average molecular weight is 332 g/mol. The van der Waals surface area contributed by atoms with Crippen molar-refractivity contribution in [2.45, 2.75) is 58.4 Å². The van der Waals surface area contributed by atoms with Gasteiger partial charge < -0.3 is 9.42 Å². The molecule has 23 heavy (non-hydrogen) atoms. The van der Waals surface area contributed by atoms with Crippen LogP contribution in [-0.2, 0) is 17.6 Å². The van der Waals surface area contributed by atoms with Crippen LogP contribution < -0.4 is 0 Å². The van der Waals surface area contributed by atoms with Crippen molar-refractivity contribution in [1.29, 1.82) is 0 Å². The van der Waals surface area contributed by atoms with E-state index in [2.05, 4.69) is 27.6 Å². The van der Waals surface area contributed by atoms with Gasteiger partial charge in [-0.05, 0) is 57.4 Å². The largest absolute Gasteiger partial charge is 0.361 e. The summed E-state index contributed by atoms with van der Waals surface area (Å²) in [7, 11) is 0. The van der Waals surface area contributed by atoms with E-state index < -0.39 is 0 Å². The van der Waals surface area contributed by atoms with Crippen molar-refractivity contribution in [2.75, 3.05) is 6.54 Å². The lowest BCUT2D eigenvalue weighted by atomic mass is 9.96. The van der Waals surface area contributed by atoms with Crippen molar-refractivity contribution in [1.82, 2.24) is 10.1 Å². The van der Waals surface area contributed by atoms with E-state index in [0.29, 0.717) is 12.5 Å². The second-order valence-electron chi connectivity index (χ2n) is 6.33. The number of piperidine rings is 1. The first-order chi connectivity index (χ1) is 11.1. The summed E-state index contributed by atoms with van der Waals surface area (Å²) in [5, 5.41) is 6.08. The molecule has 3 rings (SSSR count). The fourth-order valence-electron chi connectivity index (χ4n) is 3.40. The molecule has 2 aromatic heterocycles. The zero-order valence-corrected chi connectivity index (χ0v) is 14.7. The van der Waals surface area contributed by atoms with Crippen LogP contribution in [0.15, 0.2) is 22.0 Å². The van der Waals surface area contributed by atoms with E-state index in [1.165, 1.54) is 11.3 Å². The second kappa shape index (κ2) is 7.30. The molecular weight excluding hydrogens is 308 g/mol. The van der Waals surface area contributed by atoms with Gasteiger partial charge in [-0.25, -0.2) is 0 Å². The first kappa shape index (κ1) is 16.2. The number of hydrogen-bond acceptors (Lipinski definition) is 4. The summed E-state index contributed by atoms with van der Waals surface area (Å²) < 4.78 is 5.19. The van der Waals surface area contributed by atoms with E-state index in [4.69, 9.17) is 4.52 Å². The fourth-order valence-corrected chi connectivity index (χ4v) is 4.12. The lowest BCUT2D eigenvalue weighted by Crippen LogP contribution is -2.44. The Balaban J connectivity index is 1.64. The molecule has 1 saturated heterocycles. The highest BCUT2D eigenvalue weighted by Gasteiger charge is 2.27. The van der Waals surface area contributed by atoms with E-state index in [1.807, 2.05) is 13.8 Å². The Labute approximate surface area is 141 Å². The number of likely N-dealkylation sites (tertiary alicyclic amines) is 1. The van der Waals surface area contributed by atoms with Gasteiger partial charge in [0.25, 0.3) is 0 Å². The van der Waals surface area contributed by atoms with Crippen molar-refractivity contribution in [2.24, 2.45) is 0 Å². The lowest BCUT2D eigenvalue weighted by Gasteiger charge is -2.36. The monoisotopic (exact) mass is 332 g/mol. The summed E-state index contributed by atoms with van der Waals surface area (Å²) in [5.41, 5.74) is 1.79. The van der Waals surface area contributed by atoms with Crippen LogP contribution in [0.25, 0.3) is 0 Å². The molecule has 0 bridgehead atoms. The number of carbonyl (C=O) groups excluding carboxylic acids is 1. The molecule has 3 heterocycles. The highest BCUT2D eigenvalue weighted by Crippen LogP contribution is 2.24. The minimum atomic E-state index is 0.218. The summed E-state index contributed by atoms with van der Waals surface area (Å²) in [4.78, 5) is 16.3. The van der Waals surface area contributed by atoms with Crippen molar-refractivity contribution < 1.29 is 9.32 Å². The smallest absolute Gasteiger partial charge is 0.227 e. The van der Waals surface area contributed by atoms with Gasteiger partial charge in [0, 0.05) is 23.0 Å². The van der Waals surface area contributed by atoms with Crippen LogP contribution in [0, 0.1) is 13.8 Å². The van der Waals surface area contributed by atoms with Gasteiger partial charge in [-0.3, -0.25) is 4.79 Å². The number of aromatic nitrogens is 1. The molecule has 5 heteroatoms. The van der Waals surface area contributed by atoms with Gasteiger partial charge >= 0.3 is 0 Å². The van der Waals surface area contributed by atoms with Crippen molar-refractivity contribution in [3.8, 4) is 0 Å². The highest BCUT2D eigenvalue weighted by atomic mass is 32.1. The molecule has 0 radical (unpaired) electrons. The molecule has 1 fully saturated rings. The summed E-state index contributed by atoms with van der Waals surface area (Å²) in [6.07, 6.45) is 6.01. The van der Waals surface area contributed by atoms with E-state index in [9.17, 15) is 4.79 Å². The SMILES string of the molecule is Cc1noc(C)c1CC(=O)N1CCCCC1CCc1cccs1. The Hall–Kier alpha value is -1.62. The molecule has 124 valence electrons. The maximum Gasteiger partial charge on any atom is 0.227 e. The Morgan fingerprint density at radius 1 is 1.43 bits per heavy atom. The maximum absolute atomic E-state index is 12.8. The number of hydrogen-bond donors (Lipinski definition) is 0. The van der Waals surface area contributed by atoms with Crippen LogP contribution >= 0.6 is 11.3 Å². The Morgan fingerprint density at radius 2 is 2.30 bits per heavy atom. The maximum atomic E-state index is 12.8. The van der Waals surface area contributed by atoms with E-state index in [-0.39, 0.29) is 5.91 Å². The molecular formula is C18H24N2O2S. The van der Waals surface area contributed by atoms with E-state index in [0.717, 1.165) is 49.2 Å². The number of rotatable bonds is 5. The molecule has 0 aliphatic carbocycles. The molecule has 0 aromatic carbocycles. The zero-order valence-electron chi connectivity index (χ0n) is 13.9. The second-order valence-corrected chi connectivity index (χ2v) is 7.37. The summed E-state index contributed by atoms with van der Waals surface area (Å²) in [5.74, 6) is 0.985. The molecule has 0 saturated carbocycles. The third-order valence-corrected chi connectivity index (χ3v) is 5.70. The Kier molecular flexibility index (Phi) is 5.16. The molecule has 1 unspecified atom stereocenters. The molecule has 2 aromatic rings. The van der Waals surface area contributed by atoms with E-state index >= 15 is 0 Å². The molecule has 1 amide bonds. The van der Waals surface area contributed by atoms with Crippen LogP contribution in [0.4, 0.5) is 0 Å². The fraction of sp³-hybridized carbons (Fsp3) is 0.556. The van der Waals surface area contributed by atoms with Gasteiger partial charge in [0.2, 0.25) is 5.91 Å².